The van der Waals surface area contributed by atoms with Crippen LogP contribution in [0.5, 0.6) is 0 Å². The molecule has 7 unspecified atom stereocenters. The topological polar surface area (TPSA) is 89.9 Å². The van der Waals surface area contributed by atoms with Crippen molar-refractivity contribution in [2.45, 2.75) is 64.6 Å². The molecule has 0 aromatic rings. The molecule has 0 heterocycles. The average molecular weight is 417 g/mol. The summed E-state index contributed by atoms with van der Waals surface area (Å²) in [5, 5.41) is 11.8. The summed E-state index contributed by atoms with van der Waals surface area (Å²) in [6.07, 6.45) is 8.90. The number of aliphatic hydroxyl groups is 1. The third kappa shape index (κ3) is 2.79. The van der Waals surface area contributed by atoms with E-state index in [1.54, 1.807) is 12.2 Å². The third-order valence-corrected chi connectivity index (χ3v) is 8.87. The highest BCUT2D eigenvalue weighted by molar-refractivity contribution is 6.01. The number of hydrogen-bond acceptors (Lipinski definition) is 6. The molecule has 7 atom stereocenters. The molecule has 4 rings (SSSR count). The molecule has 3 saturated carbocycles. The molecule has 0 aromatic carbocycles. The van der Waals surface area contributed by atoms with E-state index >= 15 is 0 Å². The van der Waals surface area contributed by atoms with Gasteiger partial charge in [0.15, 0.2) is 18.0 Å². The first-order valence-electron chi connectivity index (χ1n) is 10.9. The molecule has 4 aliphatic rings. The van der Waals surface area contributed by atoms with Crippen molar-refractivity contribution in [2.24, 2.45) is 28.6 Å². The van der Waals surface area contributed by atoms with Crippen LogP contribution in [0.4, 0.5) is 0 Å². The normalized spacial score (nSPS) is 44.6. The van der Waals surface area contributed by atoms with Crippen molar-refractivity contribution in [3.8, 4) is 0 Å². The SMILES string of the molecule is COC1CC2C3CCC4=CC(=O)C=CC4(C)C3CCC2(C)C1(O)C(=O)COC(C)=O. The largest absolute Gasteiger partial charge is 0.458 e. The van der Waals surface area contributed by atoms with E-state index in [1.165, 1.54) is 19.6 Å². The number of ketones is 2. The van der Waals surface area contributed by atoms with Crippen molar-refractivity contribution in [2.75, 3.05) is 13.7 Å². The molecule has 0 saturated heterocycles. The molecule has 0 bridgehead atoms. The zero-order chi connectivity index (χ0) is 21.9. The predicted molar refractivity (Wildman–Crippen MR) is 109 cm³/mol. The Kier molecular flexibility index (Phi) is 5.09. The van der Waals surface area contributed by atoms with E-state index in [-0.39, 0.29) is 17.1 Å². The molecule has 4 aliphatic carbocycles. The second-order valence-electron chi connectivity index (χ2n) is 9.99. The first-order valence-corrected chi connectivity index (χ1v) is 10.9. The Labute approximate surface area is 177 Å². The Morgan fingerprint density at radius 3 is 2.63 bits per heavy atom. The van der Waals surface area contributed by atoms with Crippen LogP contribution in [0.25, 0.3) is 0 Å². The van der Waals surface area contributed by atoms with Gasteiger partial charge in [-0.3, -0.25) is 14.4 Å². The van der Waals surface area contributed by atoms with Crippen LogP contribution in [0.1, 0.15) is 52.9 Å². The van der Waals surface area contributed by atoms with Crippen molar-refractivity contribution >= 4 is 17.5 Å². The summed E-state index contributed by atoms with van der Waals surface area (Å²) in [6.45, 7) is 5.05. The maximum Gasteiger partial charge on any atom is 0.303 e. The number of hydrogen-bond donors (Lipinski definition) is 1. The molecule has 0 radical (unpaired) electrons. The van der Waals surface area contributed by atoms with Crippen LogP contribution in [0.3, 0.4) is 0 Å². The molecule has 0 spiro atoms. The Morgan fingerprint density at radius 2 is 1.97 bits per heavy atom. The van der Waals surface area contributed by atoms with Gasteiger partial charge in [0.05, 0.1) is 6.10 Å². The number of fused-ring (bicyclic) bond motifs is 5. The van der Waals surface area contributed by atoms with Crippen LogP contribution in [-0.4, -0.2) is 48.1 Å². The summed E-state index contributed by atoms with van der Waals surface area (Å²) in [5.41, 5.74) is -1.26. The lowest BCUT2D eigenvalue weighted by molar-refractivity contribution is -0.183. The Bertz CT molecular complexity index is 843. The lowest BCUT2D eigenvalue weighted by Gasteiger charge is -2.57. The molecule has 30 heavy (non-hydrogen) atoms. The number of Topliss-reactive ketones (excluding diaryl/α,β-unsaturated/α-hetero) is 1. The molecule has 6 heteroatoms. The van der Waals surface area contributed by atoms with Crippen molar-refractivity contribution in [3.05, 3.63) is 23.8 Å². The fraction of sp³-hybridized carbons (Fsp3) is 0.708. The Balaban J connectivity index is 1.68. The van der Waals surface area contributed by atoms with Gasteiger partial charge >= 0.3 is 5.97 Å². The second kappa shape index (κ2) is 7.13. The van der Waals surface area contributed by atoms with Gasteiger partial charge < -0.3 is 14.6 Å². The number of methoxy groups -OCH3 is 1. The summed E-state index contributed by atoms with van der Waals surface area (Å²) >= 11 is 0. The Morgan fingerprint density at radius 1 is 1.23 bits per heavy atom. The zero-order valence-electron chi connectivity index (χ0n) is 18.3. The summed E-state index contributed by atoms with van der Waals surface area (Å²) in [6, 6.07) is 0. The van der Waals surface area contributed by atoms with E-state index in [0.29, 0.717) is 24.7 Å². The fourth-order valence-corrected chi connectivity index (χ4v) is 7.24. The van der Waals surface area contributed by atoms with Gasteiger partial charge in [0.1, 0.15) is 0 Å². The molecule has 6 nitrogen and oxygen atoms in total. The van der Waals surface area contributed by atoms with Gasteiger partial charge in [0.25, 0.3) is 0 Å². The predicted octanol–water partition coefficient (Wildman–Crippen LogP) is 2.78. The number of ether oxygens (including phenoxy) is 2. The molecule has 0 aliphatic heterocycles. The van der Waals surface area contributed by atoms with E-state index in [0.717, 1.165) is 19.3 Å². The quantitative estimate of drug-likeness (QED) is 0.709. The highest BCUT2D eigenvalue weighted by Crippen LogP contribution is 2.67. The van der Waals surface area contributed by atoms with Gasteiger partial charge in [-0.1, -0.05) is 25.5 Å². The van der Waals surface area contributed by atoms with E-state index in [9.17, 15) is 19.5 Å². The maximum absolute atomic E-state index is 13.1. The van der Waals surface area contributed by atoms with Crippen LogP contribution >= 0.6 is 0 Å². The van der Waals surface area contributed by atoms with Crippen LogP contribution < -0.4 is 0 Å². The van der Waals surface area contributed by atoms with Gasteiger partial charge in [-0.15, -0.1) is 0 Å². The van der Waals surface area contributed by atoms with Crippen LogP contribution in [0, 0.1) is 28.6 Å². The van der Waals surface area contributed by atoms with Crippen LogP contribution in [0.15, 0.2) is 23.8 Å². The van der Waals surface area contributed by atoms with Crippen LogP contribution in [-0.2, 0) is 23.9 Å². The zero-order valence-corrected chi connectivity index (χ0v) is 18.3. The van der Waals surface area contributed by atoms with Gasteiger partial charge in [-0.05, 0) is 62.0 Å². The molecule has 1 N–H and O–H groups in total. The summed E-state index contributed by atoms with van der Waals surface area (Å²) in [4.78, 5) is 36.3. The minimum Gasteiger partial charge on any atom is -0.458 e. The van der Waals surface area contributed by atoms with Gasteiger partial charge in [-0.25, -0.2) is 0 Å². The van der Waals surface area contributed by atoms with Gasteiger partial charge in [0.2, 0.25) is 5.78 Å². The Hall–Kier alpha value is -1.79. The summed E-state index contributed by atoms with van der Waals surface area (Å²) < 4.78 is 10.6. The number of carbonyl (C=O) groups is 3. The minimum absolute atomic E-state index is 0.0623. The number of esters is 1. The monoisotopic (exact) mass is 416 g/mol. The maximum atomic E-state index is 13.1. The molecular formula is C24H32O6. The highest BCUT2D eigenvalue weighted by Gasteiger charge is 2.70. The first-order chi connectivity index (χ1) is 14.1. The minimum atomic E-state index is -1.68. The second-order valence-corrected chi connectivity index (χ2v) is 9.99. The fourth-order valence-electron chi connectivity index (χ4n) is 7.24. The standard InChI is InChI=1S/C24H32O6/c1-14(25)30-13-20(27)24(28)21(29-4)12-19-17-6-5-15-11-16(26)7-9-22(15,2)18(17)8-10-23(19,24)3/h7,9,11,17-19,21,28H,5-6,8,10,12-13H2,1-4H3. The van der Waals surface area contributed by atoms with Crippen molar-refractivity contribution < 1.29 is 29.0 Å². The van der Waals surface area contributed by atoms with E-state index in [1.807, 2.05) is 6.92 Å². The highest BCUT2D eigenvalue weighted by atomic mass is 16.5. The number of allylic oxidation sites excluding steroid dienone is 4. The third-order valence-electron chi connectivity index (χ3n) is 8.87. The van der Waals surface area contributed by atoms with Crippen molar-refractivity contribution in [1.82, 2.24) is 0 Å². The number of rotatable bonds is 4. The van der Waals surface area contributed by atoms with E-state index in [2.05, 4.69) is 13.0 Å². The van der Waals surface area contributed by atoms with E-state index < -0.39 is 35.5 Å². The lowest BCUT2D eigenvalue weighted by atomic mass is 9.47. The lowest BCUT2D eigenvalue weighted by Crippen LogP contribution is -2.61. The summed E-state index contributed by atoms with van der Waals surface area (Å²) in [7, 11) is 1.53. The van der Waals surface area contributed by atoms with Crippen molar-refractivity contribution in [1.29, 1.82) is 0 Å². The van der Waals surface area contributed by atoms with Gasteiger partial charge in [0, 0.05) is 24.9 Å². The molecule has 164 valence electrons. The molecule has 0 amide bonds. The molecule has 3 fully saturated rings. The van der Waals surface area contributed by atoms with Gasteiger partial charge in [-0.2, -0.15) is 0 Å². The van der Waals surface area contributed by atoms with Crippen LogP contribution in [0.2, 0.25) is 0 Å². The molecule has 0 aromatic heterocycles. The van der Waals surface area contributed by atoms with Crippen molar-refractivity contribution in [3.63, 3.8) is 0 Å². The first kappa shape index (κ1) is 21.4. The molecular weight excluding hydrogens is 384 g/mol. The summed E-state index contributed by atoms with van der Waals surface area (Å²) in [5.74, 6) is -0.134. The smallest absolute Gasteiger partial charge is 0.303 e. The average Bonchev–Trinajstić information content (AvgIpc) is 2.94. The van der Waals surface area contributed by atoms with E-state index in [4.69, 9.17) is 9.47 Å². The number of carbonyl (C=O) groups excluding carboxylic acids is 3.